The summed E-state index contributed by atoms with van der Waals surface area (Å²) >= 11 is 0. The lowest BCUT2D eigenvalue weighted by atomic mass is 9.44. The molecule has 4 aliphatic heterocycles. The van der Waals surface area contributed by atoms with E-state index in [1.807, 2.05) is 0 Å². The van der Waals surface area contributed by atoms with Crippen LogP contribution in [-0.4, -0.2) is 135 Å². The summed E-state index contributed by atoms with van der Waals surface area (Å²) in [7, 11) is 0. The molecule has 0 aromatic heterocycles. The van der Waals surface area contributed by atoms with Crippen LogP contribution in [0.15, 0.2) is 0 Å². The third-order valence-corrected chi connectivity index (χ3v) is 16.2. The van der Waals surface area contributed by atoms with Gasteiger partial charge in [-0.15, -0.1) is 0 Å². The lowest BCUT2D eigenvalue weighted by Gasteiger charge is -2.61. The zero-order valence-electron chi connectivity index (χ0n) is 31.2. The summed E-state index contributed by atoms with van der Waals surface area (Å²) in [6.45, 7) is 9.40. The van der Waals surface area contributed by atoms with Crippen molar-refractivity contribution in [1.82, 2.24) is 0 Å². The van der Waals surface area contributed by atoms with Gasteiger partial charge in [-0.2, -0.15) is 0 Å². The van der Waals surface area contributed by atoms with Crippen LogP contribution in [0, 0.1) is 52.3 Å². The second-order valence-corrected chi connectivity index (χ2v) is 18.7. The Kier molecular flexibility index (Phi) is 10.4. The van der Waals surface area contributed by atoms with Gasteiger partial charge in [-0.1, -0.05) is 27.7 Å². The molecule has 4 aliphatic carbocycles. The molecule has 0 aromatic carbocycles. The van der Waals surface area contributed by atoms with Crippen molar-refractivity contribution in [3.8, 4) is 0 Å². The molecule has 4 heterocycles. The van der Waals surface area contributed by atoms with Crippen molar-refractivity contribution in [2.75, 3.05) is 19.8 Å². The summed E-state index contributed by atoms with van der Waals surface area (Å²) in [5.74, 6) is 3.52. The Morgan fingerprint density at radius 2 is 1.38 bits per heavy atom. The minimum absolute atomic E-state index is 0.167. The topological polar surface area (TPSA) is 197 Å². The molecule has 8 rings (SSSR count). The smallest absolute Gasteiger partial charge is 0.187 e. The third-order valence-electron chi connectivity index (χ3n) is 16.2. The van der Waals surface area contributed by atoms with E-state index in [9.17, 15) is 35.7 Å². The molecule has 4 saturated heterocycles. The lowest BCUT2D eigenvalue weighted by Crippen LogP contribution is -2.65. The van der Waals surface area contributed by atoms with E-state index < -0.39 is 80.4 Å². The van der Waals surface area contributed by atoms with E-state index in [1.165, 1.54) is 19.3 Å². The molecule has 13 heteroatoms. The van der Waals surface area contributed by atoms with E-state index in [2.05, 4.69) is 27.7 Å². The monoisotopic (exact) mass is 740 g/mol. The second kappa shape index (κ2) is 14.1. The molecule has 0 bridgehead atoms. The van der Waals surface area contributed by atoms with E-state index in [0.29, 0.717) is 41.4 Å². The largest absolute Gasteiger partial charge is 0.394 e. The molecule has 0 aromatic rings. The van der Waals surface area contributed by atoms with Crippen LogP contribution in [0.25, 0.3) is 0 Å². The quantitative estimate of drug-likeness (QED) is 0.194. The SMILES string of the molecule is C[C@H]1CCO[C@@]2(C1)O[C@H]1C[C@H]3[C@@H]4CC[C@@H]5C[C@@H](O[C@H]6O[C@H](CO)[C@H](O)[C@H](O)[C@H]6O[C@@H]6O[C@H](CO)[C@@H](O)[C@H](O)[C@H]6O)CC[C@]5(C)[C@H]4CC[C@]3(C)[C@H]1[C@@H]2C. The molecule has 52 heavy (non-hydrogen) atoms. The fraction of sp³-hybridized carbons (Fsp3) is 1.00. The van der Waals surface area contributed by atoms with E-state index in [0.717, 1.165) is 51.6 Å². The number of aliphatic hydroxyl groups is 7. The van der Waals surface area contributed by atoms with Gasteiger partial charge in [-0.25, -0.2) is 0 Å². The summed E-state index contributed by atoms with van der Waals surface area (Å²) < 4.78 is 37.5. The Labute approximate surface area is 307 Å². The zero-order valence-corrected chi connectivity index (χ0v) is 31.2. The highest BCUT2D eigenvalue weighted by Gasteiger charge is 2.69. The molecular formula is C39H64O13. The van der Waals surface area contributed by atoms with Crippen LogP contribution in [0.3, 0.4) is 0 Å². The van der Waals surface area contributed by atoms with Crippen molar-refractivity contribution in [2.24, 2.45) is 52.3 Å². The molecule has 0 amide bonds. The highest BCUT2D eigenvalue weighted by Crippen LogP contribution is 2.71. The summed E-state index contributed by atoms with van der Waals surface area (Å²) in [4.78, 5) is 0. The van der Waals surface area contributed by atoms with E-state index >= 15 is 0 Å². The maximum Gasteiger partial charge on any atom is 0.187 e. The summed E-state index contributed by atoms with van der Waals surface area (Å²) in [5, 5.41) is 72.7. The number of fused-ring (bicyclic) bond motifs is 7. The van der Waals surface area contributed by atoms with Crippen molar-refractivity contribution >= 4 is 0 Å². The van der Waals surface area contributed by atoms with Crippen molar-refractivity contribution < 1.29 is 64.2 Å². The molecule has 1 spiro atoms. The predicted molar refractivity (Wildman–Crippen MR) is 183 cm³/mol. The molecule has 8 fully saturated rings. The van der Waals surface area contributed by atoms with Crippen LogP contribution in [0.1, 0.15) is 91.9 Å². The molecule has 0 radical (unpaired) electrons. The fourth-order valence-corrected chi connectivity index (χ4v) is 13.3. The number of ether oxygens (including phenoxy) is 6. The van der Waals surface area contributed by atoms with E-state index in [4.69, 9.17) is 28.4 Å². The van der Waals surface area contributed by atoms with Gasteiger partial charge in [0.2, 0.25) is 0 Å². The van der Waals surface area contributed by atoms with Gasteiger partial charge in [-0.3, -0.25) is 0 Å². The van der Waals surface area contributed by atoms with Gasteiger partial charge in [0, 0.05) is 12.3 Å². The first-order chi connectivity index (χ1) is 24.7. The molecule has 0 unspecified atom stereocenters. The van der Waals surface area contributed by atoms with Crippen LogP contribution >= 0.6 is 0 Å². The van der Waals surface area contributed by atoms with Crippen molar-refractivity contribution in [3.05, 3.63) is 0 Å². The Hall–Kier alpha value is -0.520. The Morgan fingerprint density at radius 1 is 0.692 bits per heavy atom. The standard InChI is InChI=1S/C39H64O13/c1-18-9-12-47-39(15-18)19(2)28-25(52-39)14-24-22-6-5-20-13-21(7-10-37(20,3)23(22)8-11-38(24,28)4)48-36-34(32(45)30(43)27(17-41)50-36)51-35-33(46)31(44)29(42)26(16-40)49-35/h18-36,40-46H,5-17H2,1-4H3/t18-,19-,20+,21-,22+,23-,24-,25-,26+,27+,28-,29+,30-,31-,32-,33+,34+,35-,36-,37-,38-,39-/m0/s1. The average Bonchev–Trinajstić information content (AvgIpc) is 3.56. The van der Waals surface area contributed by atoms with Gasteiger partial charge < -0.3 is 64.2 Å². The van der Waals surface area contributed by atoms with Crippen molar-refractivity contribution in [3.63, 3.8) is 0 Å². The van der Waals surface area contributed by atoms with Crippen molar-refractivity contribution in [2.45, 2.75) is 171 Å². The second-order valence-electron chi connectivity index (χ2n) is 18.7. The third kappa shape index (κ3) is 5.98. The number of hydrogen-bond donors (Lipinski definition) is 7. The Bertz CT molecular complexity index is 1270. The van der Waals surface area contributed by atoms with Gasteiger partial charge in [0.1, 0.15) is 48.8 Å². The molecule has 22 atom stereocenters. The molecule has 7 N–H and O–H groups in total. The highest BCUT2D eigenvalue weighted by atomic mass is 16.8. The number of rotatable bonds is 6. The molecule has 8 aliphatic rings. The average molecular weight is 741 g/mol. The minimum Gasteiger partial charge on any atom is -0.394 e. The van der Waals surface area contributed by atoms with Gasteiger partial charge in [0.15, 0.2) is 18.4 Å². The predicted octanol–water partition coefficient (Wildman–Crippen LogP) is 1.44. The first-order valence-electron chi connectivity index (χ1n) is 20.3. The summed E-state index contributed by atoms with van der Waals surface area (Å²) in [5.41, 5.74) is 0.422. The summed E-state index contributed by atoms with van der Waals surface area (Å²) in [6.07, 6.45) is -3.94. The minimum atomic E-state index is -1.71. The number of aliphatic hydroxyl groups excluding tert-OH is 7. The van der Waals surface area contributed by atoms with Gasteiger partial charge in [0.05, 0.1) is 32.0 Å². The van der Waals surface area contributed by atoms with Crippen LogP contribution < -0.4 is 0 Å². The van der Waals surface area contributed by atoms with Crippen LogP contribution in [-0.2, 0) is 28.4 Å². The molecule has 4 saturated carbocycles. The number of hydrogen-bond acceptors (Lipinski definition) is 13. The lowest BCUT2D eigenvalue weighted by molar-refractivity contribution is -0.373. The molecule has 298 valence electrons. The molecular weight excluding hydrogens is 676 g/mol. The maximum atomic E-state index is 11.1. The Balaban J connectivity index is 0.945. The van der Waals surface area contributed by atoms with Crippen LogP contribution in [0.2, 0.25) is 0 Å². The first-order valence-corrected chi connectivity index (χ1v) is 20.3. The van der Waals surface area contributed by atoms with E-state index in [-0.39, 0.29) is 23.0 Å². The fourth-order valence-electron chi connectivity index (χ4n) is 13.3. The van der Waals surface area contributed by atoms with Gasteiger partial charge >= 0.3 is 0 Å². The normalized spacial score (nSPS) is 59.0. The van der Waals surface area contributed by atoms with Gasteiger partial charge in [0.25, 0.3) is 0 Å². The summed E-state index contributed by atoms with van der Waals surface area (Å²) in [6, 6.07) is 0. The first kappa shape index (κ1) is 38.4. The van der Waals surface area contributed by atoms with E-state index in [1.54, 1.807) is 0 Å². The molecule has 13 nitrogen and oxygen atoms in total. The highest BCUT2D eigenvalue weighted by molar-refractivity contribution is 5.15. The maximum absolute atomic E-state index is 11.1. The Morgan fingerprint density at radius 3 is 2.10 bits per heavy atom. The zero-order chi connectivity index (χ0) is 36.9. The van der Waals surface area contributed by atoms with Gasteiger partial charge in [-0.05, 0) is 104 Å². The van der Waals surface area contributed by atoms with Crippen molar-refractivity contribution in [1.29, 1.82) is 0 Å². The van der Waals surface area contributed by atoms with Crippen LogP contribution in [0.5, 0.6) is 0 Å². The van der Waals surface area contributed by atoms with Crippen LogP contribution in [0.4, 0.5) is 0 Å².